The largest absolute Gasteiger partial charge is 0.478 e. The Kier molecular flexibility index (Phi) is 5.24. The van der Waals surface area contributed by atoms with Crippen LogP contribution in [0.15, 0.2) is 30.3 Å². The first-order valence-electron chi connectivity index (χ1n) is 6.55. The summed E-state index contributed by atoms with van der Waals surface area (Å²) in [7, 11) is 0. The second-order valence-corrected chi connectivity index (χ2v) is 5.83. The van der Waals surface area contributed by atoms with Gasteiger partial charge in [0.05, 0.1) is 0 Å². The molecule has 1 aliphatic heterocycles. The Hall–Kier alpha value is -1.75. The third-order valence-electron chi connectivity index (χ3n) is 3.09. The van der Waals surface area contributed by atoms with Crippen molar-refractivity contribution < 1.29 is 14.7 Å². The maximum absolute atomic E-state index is 12.1. The van der Waals surface area contributed by atoms with Gasteiger partial charge in [0.2, 0.25) is 0 Å². The predicted octanol–water partition coefficient (Wildman–Crippen LogP) is 2.41. The molecule has 5 heteroatoms. The summed E-state index contributed by atoms with van der Waals surface area (Å²) in [5.41, 5.74) is 1.37. The van der Waals surface area contributed by atoms with Gasteiger partial charge < -0.3 is 10.4 Å². The molecule has 0 spiro atoms. The van der Waals surface area contributed by atoms with E-state index in [0.29, 0.717) is 5.56 Å². The average molecular weight is 291 g/mol. The second-order valence-electron chi connectivity index (χ2n) is 4.68. The normalized spacial score (nSPS) is 18.9. The van der Waals surface area contributed by atoms with Crippen LogP contribution in [0.4, 0.5) is 0 Å². The molecule has 4 nitrogen and oxygen atoms in total. The van der Waals surface area contributed by atoms with E-state index >= 15 is 0 Å². The number of hydrogen-bond donors (Lipinski definition) is 2. The number of amides is 1. The number of carboxylic acid groups (broad SMARTS) is 1. The molecular weight excluding hydrogens is 274 g/mol. The number of carbonyl (C=O) groups excluding carboxylic acids is 1. The van der Waals surface area contributed by atoms with Crippen molar-refractivity contribution in [1.82, 2.24) is 5.32 Å². The van der Waals surface area contributed by atoms with E-state index in [-0.39, 0.29) is 11.9 Å². The SMILES string of the molecule is O=C(O)/C=C/c1ccc(C(=O)NC2CCCSC2)cc1. The molecule has 106 valence electrons. The van der Waals surface area contributed by atoms with Gasteiger partial charge in [-0.05, 0) is 42.4 Å². The van der Waals surface area contributed by atoms with E-state index in [9.17, 15) is 9.59 Å². The van der Waals surface area contributed by atoms with Crippen LogP contribution in [0, 0.1) is 0 Å². The zero-order valence-corrected chi connectivity index (χ0v) is 11.9. The Morgan fingerprint density at radius 1 is 1.30 bits per heavy atom. The Morgan fingerprint density at radius 2 is 2.05 bits per heavy atom. The monoisotopic (exact) mass is 291 g/mol. The number of aliphatic carboxylic acids is 1. The van der Waals surface area contributed by atoms with Crippen molar-refractivity contribution in [3.63, 3.8) is 0 Å². The van der Waals surface area contributed by atoms with Gasteiger partial charge in [-0.3, -0.25) is 4.79 Å². The van der Waals surface area contributed by atoms with Crippen LogP contribution in [0.3, 0.4) is 0 Å². The first-order chi connectivity index (χ1) is 9.65. The van der Waals surface area contributed by atoms with Gasteiger partial charge in [0, 0.05) is 23.4 Å². The molecule has 1 amide bonds. The summed E-state index contributed by atoms with van der Waals surface area (Å²) < 4.78 is 0. The maximum atomic E-state index is 12.1. The van der Waals surface area contributed by atoms with Gasteiger partial charge >= 0.3 is 5.97 Å². The molecule has 0 radical (unpaired) electrons. The predicted molar refractivity (Wildman–Crippen MR) is 80.9 cm³/mol. The fourth-order valence-electron chi connectivity index (χ4n) is 2.04. The van der Waals surface area contributed by atoms with Crippen molar-refractivity contribution in [3.8, 4) is 0 Å². The van der Waals surface area contributed by atoms with Crippen molar-refractivity contribution in [2.45, 2.75) is 18.9 Å². The highest BCUT2D eigenvalue weighted by Crippen LogP contribution is 2.17. The molecule has 1 saturated heterocycles. The van der Waals surface area contributed by atoms with Crippen LogP contribution < -0.4 is 5.32 Å². The van der Waals surface area contributed by atoms with Crippen molar-refractivity contribution in [3.05, 3.63) is 41.5 Å². The van der Waals surface area contributed by atoms with Gasteiger partial charge in [0.15, 0.2) is 0 Å². The van der Waals surface area contributed by atoms with Crippen molar-refractivity contribution in [2.75, 3.05) is 11.5 Å². The number of thioether (sulfide) groups is 1. The molecule has 1 aliphatic rings. The summed E-state index contributed by atoms with van der Waals surface area (Å²) in [5, 5.41) is 11.6. The Bertz CT molecular complexity index is 504. The molecule has 0 aromatic heterocycles. The summed E-state index contributed by atoms with van der Waals surface area (Å²) in [6.07, 6.45) is 4.77. The highest BCUT2D eigenvalue weighted by Gasteiger charge is 2.16. The minimum Gasteiger partial charge on any atom is -0.478 e. The van der Waals surface area contributed by atoms with Crippen LogP contribution in [-0.4, -0.2) is 34.5 Å². The van der Waals surface area contributed by atoms with E-state index in [4.69, 9.17) is 5.11 Å². The lowest BCUT2D eigenvalue weighted by atomic mass is 10.1. The van der Waals surface area contributed by atoms with Gasteiger partial charge in [-0.1, -0.05) is 12.1 Å². The lowest BCUT2D eigenvalue weighted by Gasteiger charge is -2.22. The van der Waals surface area contributed by atoms with Crippen LogP contribution in [0.1, 0.15) is 28.8 Å². The zero-order valence-electron chi connectivity index (χ0n) is 11.0. The minimum atomic E-state index is -0.985. The van der Waals surface area contributed by atoms with E-state index in [1.54, 1.807) is 24.3 Å². The van der Waals surface area contributed by atoms with E-state index in [2.05, 4.69) is 5.32 Å². The molecule has 1 fully saturated rings. The standard InChI is InChI=1S/C15H17NO3S/c17-14(18)8-5-11-3-6-12(7-4-11)15(19)16-13-2-1-9-20-10-13/h3-8,13H,1-2,9-10H2,(H,16,19)(H,17,18)/b8-5+. The van der Waals surface area contributed by atoms with Crippen molar-refractivity contribution in [1.29, 1.82) is 0 Å². The summed E-state index contributed by atoms with van der Waals surface area (Å²) in [6.45, 7) is 0. The first kappa shape index (κ1) is 14.7. The van der Waals surface area contributed by atoms with Gasteiger partial charge in [-0.15, -0.1) is 0 Å². The third-order valence-corrected chi connectivity index (χ3v) is 4.30. The van der Waals surface area contributed by atoms with Crippen molar-refractivity contribution in [2.24, 2.45) is 0 Å². The van der Waals surface area contributed by atoms with Crippen LogP contribution in [0.5, 0.6) is 0 Å². The van der Waals surface area contributed by atoms with Crippen LogP contribution in [0.25, 0.3) is 6.08 Å². The fraction of sp³-hybridized carbons (Fsp3) is 0.333. The number of rotatable bonds is 4. The molecule has 0 saturated carbocycles. The zero-order chi connectivity index (χ0) is 14.4. The minimum absolute atomic E-state index is 0.0636. The summed E-state index contributed by atoms with van der Waals surface area (Å²) >= 11 is 1.87. The number of hydrogen-bond acceptors (Lipinski definition) is 3. The Morgan fingerprint density at radius 3 is 2.65 bits per heavy atom. The highest BCUT2D eigenvalue weighted by atomic mass is 32.2. The third kappa shape index (κ3) is 4.42. The lowest BCUT2D eigenvalue weighted by molar-refractivity contribution is -0.131. The number of carboxylic acids is 1. The highest BCUT2D eigenvalue weighted by molar-refractivity contribution is 7.99. The molecular formula is C15H17NO3S. The Labute approximate surface area is 122 Å². The maximum Gasteiger partial charge on any atom is 0.328 e. The molecule has 20 heavy (non-hydrogen) atoms. The van der Waals surface area contributed by atoms with E-state index in [1.807, 2.05) is 11.8 Å². The molecule has 1 atom stereocenters. The Balaban J connectivity index is 1.94. The molecule has 0 bridgehead atoms. The van der Waals surface area contributed by atoms with Gasteiger partial charge in [-0.2, -0.15) is 11.8 Å². The van der Waals surface area contributed by atoms with Gasteiger partial charge in [0.25, 0.3) is 5.91 Å². The average Bonchev–Trinajstić information content (AvgIpc) is 2.46. The summed E-state index contributed by atoms with van der Waals surface area (Å²) in [6, 6.07) is 7.17. The van der Waals surface area contributed by atoms with Gasteiger partial charge in [-0.25, -0.2) is 4.79 Å². The van der Waals surface area contributed by atoms with Crippen LogP contribution in [0.2, 0.25) is 0 Å². The second kappa shape index (κ2) is 7.14. The summed E-state index contributed by atoms with van der Waals surface area (Å²) in [4.78, 5) is 22.5. The smallest absolute Gasteiger partial charge is 0.328 e. The molecule has 1 aromatic rings. The number of benzene rings is 1. The molecule has 2 N–H and O–H groups in total. The molecule has 1 aromatic carbocycles. The van der Waals surface area contributed by atoms with Crippen LogP contribution in [-0.2, 0) is 4.79 Å². The molecule has 1 unspecified atom stereocenters. The molecule has 0 aliphatic carbocycles. The molecule has 1 heterocycles. The quantitative estimate of drug-likeness (QED) is 0.836. The van der Waals surface area contributed by atoms with E-state index in [0.717, 1.165) is 30.2 Å². The van der Waals surface area contributed by atoms with Gasteiger partial charge in [0.1, 0.15) is 0 Å². The number of carbonyl (C=O) groups is 2. The number of nitrogens with one attached hydrogen (secondary N) is 1. The molecule has 2 rings (SSSR count). The first-order valence-corrected chi connectivity index (χ1v) is 7.70. The lowest BCUT2D eigenvalue weighted by Crippen LogP contribution is -2.38. The topological polar surface area (TPSA) is 66.4 Å². The van der Waals surface area contributed by atoms with Crippen molar-refractivity contribution >= 4 is 29.7 Å². The summed E-state index contributed by atoms with van der Waals surface area (Å²) in [5.74, 6) is 1.11. The van der Waals surface area contributed by atoms with E-state index in [1.165, 1.54) is 11.8 Å². The van der Waals surface area contributed by atoms with E-state index < -0.39 is 5.97 Å². The van der Waals surface area contributed by atoms with Crippen LogP contribution >= 0.6 is 11.8 Å². The fourth-order valence-corrected chi connectivity index (χ4v) is 3.11.